The number of nitrogens with one attached hydrogen (secondary N) is 1. The maximum Gasteiger partial charge on any atom is 0.332 e. The largest absolute Gasteiger partial charge is 0.332 e. The molecule has 0 atom stereocenters. The van der Waals surface area contributed by atoms with Crippen molar-refractivity contribution >= 4 is 44.7 Å². The third-order valence-corrected chi connectivity index (χ3v) is 3.27. The van der Waals surface area contributed by atoms with E-state index in [0.29, 0.717) is 6.04 Å². The van der Waals surface area contributed by atoms with Crippen molar-refractivity contribution in [3.63, 3.8) is 0 Å². The zero-order valence-corrected chi connectivity index (χ0v) is 15.8. The number of hydrogen-bond acceptors (Lipinski definition) is 7. The number of anilines is 1. The van der Waals surface area contributed by atoms with Crippen LogP contribution in [-0.4, -0.2) is 40.4 Å². The van der Waals surface area contributed by atoms with E-state index in [-0.39, 0.29) is 21.7 Å². The molecule has 0 amide bonds. The molecule has 0 saturated carbocycles. The summed E-state index contributed by atoms with van der Waals surface area (Å²) >= 11 is 11.7. The van der Waals surface area contributed by atoms with E-state index >= 15 is 0 Å². The molecule has 10 nitrogen and oxygen atoms in total. The summed E-state index contributed by atoms with van der Waals surface area (Å²) in [5, 5.41) is 15.0. The minimum absolute atomic E-state index is 0.000293. The summed E-state index contributed by atoms with van der Waals surface area (Å²) in [4.78, 5) is 14.0. The molecule has 0 aliphatic rings. The van der Waals surface area contributed by atoms with Gasteiger partial charge in [-0.15, -0.1) is 0 Å². The van der Waals surface area contributed by atoms with Crippen LogP contribution >= 0.6 is 23.2 Å². The van der Waals surface area contributed by atoms with Gasteiger partial charge in [0.2, 0.25) is 15.8 Å². The Kier molecular flexibility index (Phi) is 7.11. The second-order valence-electron chi connectivity index (χ2n) is 5.12. The van der Waals surface area contributed by atoms with Crippen molar-refractivity contribution in [2.24, 2.45) is 5.73 Å². The molecular weight excluding hydrogens is 395 g/mol. The predicted molar refractivity (Wildman–Crippen MR) is 95.8 cm³/mol. The lowest BCUT2D eigenvalue weighted by molar-refractivity contribution is -0.383. The summed E-state index contributed by atoms with van der Waals surface area (Å²) < 4.78 is 25.6. The highest BCUT2D eigenvalue weighted by molar-refractivity contribution is 7.92. The average Bonchev–Trinajstić information content (AvgIpc) is 2.79. The Morgan fingerprint density at radius 3 is 2.36 bits per heavy atom. The summed E-state index contributed by atoms with van der Waals surface area (Å²) in [5.74, 6) is -0.375. The lowest BCUT2D eigenvalue weighted by Gasteiger charge is -2.08. The number of nitrogens with two attached hydrogens (primary N) is 1. The van der Waals surface area contributed by atoms with Gasteiger partial charge in [0, 0.05) is 6.20 Å². The molecule has 0 radical (unpaired) electrons. The maximum atomic E-state index is 11.3. The standard InChI is InChI=1S/C9H7Cl2N5O4S.C3H9N/c1-21(19,20)14-9-7(16(17)18)4-13-15(9)8-6(11)2-5(10)3-12-8;1-3(2)4/h2-4,14H,1H3;3H,4H2,1-2H3. The number of nitrogens with zero attached hydrogens (tertiary/aromatic N) is 4. The second kappa shape index (κ2) is 8.43. The molecule has 0 fully saturated rings. The zero-order chi connectivity index (χ0) is 19.4. The smallest absolute Gasteiger partial charge is 0.328 e. The van der Waals surface area contributed by atoms with Crippen molar-refractivity contribution in [2.75, 3.05) is 11.0 Å². The number of sulfonamides is 1. The van der Waals surface area contributed by atoms with Crippen molar-refractivity contribution < 1.29 is 13.3 Å². The molecule has 0 aliphatic heterocycles. The van der Waals surface area contributed by atoms with Crippen LogP contribution in [0, 0.1) is 10.1 Å². The molecule has 0 aliphatic carbocycles. The first-order valence-electron chi connectivity index (χ1n) is 6.69. The molecule has 0 unspecified atom stereocenters. The van der Waals surface area contributed by atoms with E-state index in [1.807, 2.05) is 18.6 Å². The Bertz CT molecular complexity index is 866. The Morgan fingerprint density at radius 1 is 1.36 bits per heavy atom. The minimum Gasteiger partial charge on any atom is -0.328 e. The van der Waals surface area contributed by atoms with Gasteiger partial charge in [0.1, 0.15) is 6.20 Å². The van der Waals surface area contributed by atoms with Crippen LogP contribution in [0.15, 0.2) is 18.5 Å². The molecule has 3 N–H and O–H groups in total. The van der Waals surface area contributed by atoms with Crippen LogP contribution in [0.2, 0.25) is 10.0 Å². The molecule has 138 valence electrons. The van der Waals surface area contributed by atoms with E-state index in [2.05, 4.69) is 10.1 Å². The van der Waals surface area contributed by atoms with Gasteiger partial charge in [-0.05, 0) is 12.1 Å². The fourth-order valence-corrected chi connectivity index (χ4v) is 2.47. The lowest BCUT2D eigenvalue weighted by Crippen LogP contribution is -2.15. The van der Waals surface area contributed by atoms with Gasteiger partial charge >= 0.3 is 5.69 Å². The molecule has 0 bridgehead atoms. The predicted octanol–water partition coefficient (Wildman–Crippen LogP) is 2.21. The molecule has 0 spiro atoms. The highest BCUT2D eigenvalue weighted by atomic mass is 35.5. The summed E-state index contributed by atoms with van der Waals surface area (Å²) in [6, 6.07) is 1.68. The van der Waals surface area contributed by atoms with Crippen LogP contribution < -0.4 is 10.5 Å². The third-order valence-electron chi connectivity index (χ3n) is 2.22. The van der Waals surface area contributed by atoms with Gasteiger partial charge in [-0.1, -0.05) is 37.0 Å². The number of aromatic nitrogens is 3. The van der Waals surface area contributed by atoms with E-state index in [0.717, 1.165) is 17.1 Å². The normalized spacial score (nSPS) is 11.0. The zero-order valence-electron chi connectivity index (χ0n) is 13.5. The monoisotopic (exact) mass is 410 g/mol. The van der Waals surface area contributed by atoms with E-state index < -0.39 is 20.6 Å². The van der Waals surface area contributed by atoms with E-state index in [1.54, 1.807) is 0 Å². The molecule has 0 saturated heterocycles. The van der Waals surface area contributed by atoms with Crippen LogP contribution in [0.1, 0.15) is 13.8 Å². The SMILES string of the molecule is CC(C)N.CS(=O)(=O)Nc1c([N+](=O)[O-])cnn1-c1ncc(Cl)cc1Cl. The van der Waals surface area contributed by atoms with Crippen LogP contribution in [0.4, 0.5) is 11.5 Å². The van der Waals surface area contributed by atoms with Gasteiger partial charge in [0.05, 0.1) is 21.2 Å². The van der Waals surface area contributed by atoms with Gasteiger partial charge in [-0.25, -0.2) is 13.4 Å². The van der Waals surface area contributed by atoms with Crippen LogP contribution in [0.5, 0.6) is 0 Å². The average molecular weight is 411 g/mol. The fraction of sp³-hybridized carbons (Fsp3) is 0.333. The van der Waals surface area contributed by atoms with Crippen molar-refractivity contribution in [1.82, 2.24) is 14.8 Å². The van der Waals surface area contributed by atoms with Crippen LogP contribution in [0.25, 0.3) is 5.82 Å². The van der Waals surface area contributed by atoms with E-state index in [9.17, 15) is 18.5 Å². The van der Waals surface area contributed by atoms with Gasteiger partial charge in [0.25, 0.3) is 0 Å². The van der Waals surface area contributed by atoms with Crippen molar-refractivity contribution in [3.05, 3.63) is 38.6 Å². The third kappa shape index (κ3) is 6.46. The van der Waals surface area contributed by atoms with Gasteiger partial charge in [-0.2, -0.15) is 9.78 Å². The summed E-state index contributed by atoms with van der Waals surface area (Å²) in [7, 11) is -3.77. The molecular formula is C12H16Cl2N6O4S. The van der Waals surface area contributed by atoms with Crippen molar-refractivity contribution in [1.29, 1.82) is 0 Å². The molecule has 0 aromatic carbocycles. The van der Waals surface area contributed by atoms with Gasteiger partial charge in [-0.3, -0.25) is 14.8 Å². The molecule has 2 heterocycles. The van der Waals surface area contributed by atoms with Crippen molar-refractivity contribution in [2.45, 2.75) is 19.9 Å². The molecule has 13 heteroatoms. The first-order valence-corrected chi connectivity index (χ1v) is 9.34. The molecule has 2 aromatic heterocycles. The van der Waals surface area contributed by atoms with E-state index in [4.69, 9.17) is 28.9 Å². The van der Waals surface area contributed by atoms with E-state index in [1.165, 1.54) is 12.3 Å². The van der Waals surface area contributed by atoms with Gasteiger partial charge in [0.15, 0.2) is 5.82 Å². The molecule has 25 heavy (non-hydrogen) atoms. The first kappa shape index (κ1) is 21.1. The number of rotatable bonds is 4. The Morgan fingerprint density at radius 2 is 1.92 bits per heavy atom. The molecule has 2 aromatic rings. The second-order valence-corrected chi connectivity index (χ2v) is 7.72. The Hall–Kier alpha value is -1.95. The summed E-state index contributed by atoms with van der Waals surface area (Å²) in [6.07, 6.45) is 2.99. The van der Waals surface area contributed by atoms with Crippen molar-refractivity contribution in [3.8, 4) is 5.82 Å². The van der Waals surface area contributed by atoms with Crippen LogP contribution in [0.3, 0.4) is 0 Å². The number of nitro groups is 1. The first-order chi connectivity index (χ1) is 11.4. The highest BCUT2D eigenvalue weighted by Gasteiger charge is 2.25. The topological polar surface area (TPSA) is 146 Å². The Labute approximate surface area is 154 Å². The fourth-order valence-electron chi connectivity index (χ4n) is 1.47. The van der Waals surface area contributed by atoms with Gasteiger partial charge < -0.3 is 5.73 Å². The molecule has 2 rings (SSSR count). The summed E-state index contributed by atoms with van der Waals surface area (Å²) in [5.41, 5.74) is 4.58. The number of hydrogen-bond donors (Lipinski definition) is 2. The maximum absolute atomic E-state index is 11.3. The quantitative estimate of drug-likeness (QED) is 0.579. The Balaban J connectivity index is 0.000000705. The van der Waals surface area contributed by atoms with Crippen LogP contribution in [-0.2, 0) is 10.0 Å². The highest BCUT2D eigenvalue weighted by Crippen LogP contribution is 2.30. The minimum atomic E-state index is -3.77. The lowest BCUT2D eigenvalue weighted by atomic mass is 10.4. The summed E-state index contributed by atoms with van der Waals surface area (Å²) in [6.45, 7) is 3.89. The number of halogens is 2. The number of pyridine rings is 1.